The number of nitrogens with zero attached hydrogens (tertiary/aromatic N) is 2. The van der Waals surface area contributed by atoms with Crippen LogP contribution in [0.5, 0.6) is 0 Å². The fourth-order valence-corrected chi connectivity index (χ4v) is 4.41. The second-order valence-corrected chi connectivity index (χ2v) is 8.65. The summed E-state index contributed by atoms with van der Waals surface area (Å²) in [6.07, 6.45) is -1.67. The highest BCUT2D eigenvalue weighted by Gasteiger charge is 2.37. The summed E-state index contributed by atoms with van der Waals surface area (Å²) in [6, 6.07) is 1.95. The topological polar surface area (TPSA) is 96.0 Å². The van der Waals surface area contributed by atoms with Crippen molar-refractivity contribution in [2.45, 2.75) is 12.5 Å². The quantitative estimate of drug-likeness (QED) is 0.797. The fraction of sp³-hybridized carbons (Fsp3) is 0.500. The molecule has 0 bridgehead atoms. The highest BCUT2D eigenvalue weighted by molar-refractivity contribution is 7.91. The van der Waals surface area contributed by atoms with Gasteiger partial charge in [-0.25, -0.2) is 22.0 Å². The number of benzene rings is 1. The van der Waals surface area contributed by atoms with Crippen molar-refractivity contribution in [2.75, 3.05) is 48.0 Å². The van der Waals surface area contributed by atoms with Gasteiger partial charge in [0.05, 0.1) is 23.7 Å². The van der Waals surface area contributed by atoms with Gasteiger partial charge in [0, 0.05) is 32.3 Å². The van der Waals surface area contributed by atoms with Crippen LogP contribution >= 0.6 is 0 Å². The number of anilines is 2. The molecule has 0 aromatic heterocycles. The summed E-state index contributed by atoms with van der Waals surface area (Å²) in [5.74, 6) is -2.55. The van der Waals surface area contributed by atoms with E-state index in [1.54, 1.807) is 0 Å². The first-order valence-corrected chi connectivity index (χ1v) is 10.2. The third-order valence-corrected chi connectivity index (χ3v) is 6.25. The summed E-state index contributed by atoms with van der Waals surface area (Å²) in [4.78, 5) is 25.9. The van der Waals surface area contributed by atoms with E-state index in [2.05, 4.69) is 5.32 Å². The van der Waals surface area contributed by atoms with Gasteiger partial charge in [-0.2, -0.15) is 0 Å². The second-order valence-electron chi connectivity index (χ2n) is 6.35. The van der Waals surface area contributed by atoms with E-state index >= 15 is 0 Å². The number of carbonyl (C=O) groups excluding carboxylic acids is 2. The number of nitrogens with one attached hydrogen (secondary N) is 1. The molecule has 11 heteroatoms. The molecule has 0 spiro atoms. The standard InChI is InChI=1S/C16H19F2N3O5S/c1-19-15(22)13-9-21(16(23)26-13)10-7-11(17)14(12(18)8-10)20-3-2-5-27(24,25)6-4-20/h7-8,13H,2-6,9H2,1H3,(H,19,22). The molecule has 27 heavy (non-hydrogen) atoms. The molecule has 8 nitrogen and oxygen atoms in total. The molecule has 148 valence electrons. The van der Waals surface area contributed by atoms with Crippen LogP contribution in [0, 0.1) is 11.6 Å². The molecular formula is C16H19F2N3O5S. The van der Waals surface area contributed by atoms with Gasteiger partial charge in [-0.05, 0) is 6.42 Å². The fourth-order valence-electron chi connectivity index (χ4n) is 3.14. The van der Waals surface area contributed by atoms with Crippen molar-refractivity contribution in [3.63, 3.8) is 0 Å². The lowest BCUT2D eigenvalue weighted by molar-refractivity contribution is -0.127. The molecule has 1 aromatic rings. The third kappa shape index (κ3) is 3.97. The first-order valence-electron chi connectivity index (χ1n) is 8.36. The molecule has 2 heterocycles. The van der Waals surface area contributed by atoms with Crippen molar-refractivity contribution in [1.29, 1.82) is 0 Å². The van der Waals surface area contributed by atoms with Crippen LogP contribution < -0.4 is 15.1 Å². The Morgan fingerprint density at radius 1 is 1.22 bits per heavy atom. The van der Waals surface area contributed by atoms with Crippen LogP contribution in [0.3, 0.4) is 0 Å². The van der Waals surface area contributed by atoms with Crippen LogP contribution in [0.1, 0.15) is 6.42 Å². The van der Waals surface area contributed by atoms with Crippen molar-refractivity contribution in [1.82, 2.24) is 5.32 Å². The summed E-state index contributed by atoms with van der Waals surface area (Å²) in [5, 5.41) is 2.34. The van der Waals surface area contributed by atoms with Gasteiger partial charge in [0.1, 0.15) is 5.69 Å². The first kappa shape index (κ1) is 19.3. The summed E-state index contributed by atoms with van der Waals surface area (Å²) in [7, 11) is -1.84. The number of sulfone groups is 1. The third-order valence-electron chi connectivity index (χ3n) is 4.54. The van der Waals surface area contributed by atoms with Crippen molar-refractivity contribution >= 4 is 33.2 Å². The number of hydrogen-bond acceptors (Lipinski definition) is 6. The first-order chi connectivity index (χ1) is 12.7. The van der Waals surface area contributed by atoms with Crippen LogP contribution in [0.4, 0.5) is 25.0 Å². The average Bonchev–Trinajstić information content (AvgIpc) is 2.90. The van der Waals surface area contributed by atoms with Crippen LogP contribution in [0.2, 0.25) is 0 Å². The summed E-state index contributed by atoms with van der Waals surface area (Å²) < 4.78 is 57.5. The Hall–Kier alpha value is -2.43. The smallest absolute Gasteiger partial charge is 0.415 e. The molecule has 2 saturated heterocycles. The zero-order chi connectivity index (χ0) is 19.8. The summed E-state index contributed by atoms with van der Waals surface area (Å²) >= 11 is 0. The van der Waals surface area contributed by atoms with Gasteiger partial charge < -0.3 is 15.0 Å². The van der Waals surface area contributed by atoms with E-state index in [0.29, 0.717) is 0 Å². The Bertz CT molecular complexity index is 854. The van der Waals surface area contributed by atoms with Crippen LogP contribution in [-0.2, 0) is 19.4 Å². The Kier molecular flexibility index (Phi) is 5.22. The predicted molar refractivity (Wildman–Crippen MR) is 93.5 cm³/mol. The Balaban J connectivity index is 1.85. The number of likely N-dealkylation sites (N-methyl/N-ethyl adjacent to an activating group) is 1. The number of cyclic esters (lactones) is 1. The van der Waals surface area contributed by atoms with E-state index in [4.69, 9.17) is 4.74 Å². The molecule has 3 rings (SSSR count). The van der Waals surface area contributed by atoms with Crippen LogP contribution in [-0.4, -0.2) is 64.7 Å². The molecule has 2 aliphatic heterocycles. The van der Waals surface area contributed by atoms with Crippen molar-refractivity contribution in [3.8, 4) is 0 Å². The number of rotatable bonds is 3. The van der Waals surface area contributed by atoms with Gasteiger partial charge in [-0.15, -0.1) is 0 Å². The minimum Gasteiger partial charge on any atom is -0.434 e. The summed E-state index contributed by atoms with van der Waals surface area (Å²) in [6.45, 7) is 0.0234. The van der Waals surface area contributed by atoms with E-state index in [-0.39, 0.29) is 48.9 Å². The predicted octanol–water partition coefficient (Wildman–Crippen LogP) is 0.661. The lowest BCUT2D eigenvalue weighted by Crippen LogP contribution is -2.35. The van der Waals surface area contributed by atoms with E-state index < -0.39 is 39.6 Å². The molecule has 1 unspecified atom stereocenters. The average molecular weight is 403 g/mol. The maximum atomic E-state index is 14.6. The Morgan fingerprint density at radius 2 is 1.89 bits per heavy atom. The van der Waals surface area contributed by atoms with Crippen molar-refractivity contribution in [3.05, 3.63) is 23.8 Å². The Labute approximate surface area is 155 Å². The lowest BCUT2D eigenvalue weighted by atomic mass is 10.2. The largest absolute Gasteiger partial charge is 0.434 e. The molecule has 2 amide bonds. The molecule has 1 N–H and O–H groups in total. The number of amides is 2. The number of hydrogen-bond donors (Lipinski definition) is 1. The van der Waals surface area contributed by atoms with E-state index in [1.165, 1.54) is 11.9 Å². The monoisotopic (exact) mass is 403 g/mol. The summed E-state index contributed by atoms with van der Waals surface area (Å²) in [5.41, 5.74) is -0.404. The number of halogens is 2. The van der Waals surface area contributed by atoms with Crippen molar-refractivity contribution in [2.24, 2.45) is 0 Å². The maximum absolute atomic E-state index is 14.6. The van der Waals surface area contributed by atoms with Crippen LogP contribution in [0.25, 0.3) is 0 Å². The molecule has 0 saturated carbocycles. The van der Waals surface area contributed by atoms with Gasteiger partial charge in [-0.1, -0.05) is 0 Å². The van der Waals surface area contributed by atoms with Gasteiger partial charge in [0.25, 0.3) is 5.91 Å². The molecule has 2 aliphatic rings. The van der Waals surface area contributed by atoms with Gasteiger partial charge in [-0.3, -0.25) is 9.69 Å². The number of carbonyl (C=O) groups is 2. The molecule has 0 aliphatic carbocycles. The van der Waals surface area contributed by atoms with Gasteiger partial charge >= 0.3 is 6.09 Å². The van der Waals surface area contributed by atoms with E-state index in [0.717, 1.165) is 17.0 Å². The minimum atomic E-state index is -3.23. The van der Waals surface area contributed by atoms with E-state index in [1.807, 2.05) is 0 Å². The minimum absolute atomic E-state index is 0.0139. The van der Waals surface area contributed by atoms with Crippen molar-refractivity contribution < 1.29 is 31.5 Å². The molecular weight excluding hydrogens is 384 g/mol. The van der Waals surface area contributed by atoms with Gasteiger partial charge in [0.2, 0.25) is 0 Å². The van der Waals surface area contributed by atoms with Gasteiger partial charge in [0.15, 0.2) is 27.6 Å². The molecule has 0 radical (unpaired) electrons. The number of ether oxygens (including phenoxy) is 1. The molecule has 2 fully saturated rings. The zero-order valence-corrected chi connectivity index (χ0v) is 15.4. The molecule has 1 aromatic carbocycles. The molecule has 1 atom stereocenters. The highest BCUT2D eigenvalue weighted by atomic mass is 32.2. The second kappa shape index (κ2) is 7.29. The highest BCUT2D eigenvalue weighted by Crippen LogP contribution is 2.31. The maximum Gasteiger partial charge on any atom is 0.415 e. The normalized spacial score (nSPS) is 22.3. The zero-order valence-electron chi connectivity index (χ0n) is 14.6. The van der Waals surface area contributed by atoms with Crippen LogP contribution in [0.15, 0.2) is 12.1 Å². The van der Waals surface area contributed by atoms with E-state index in [9.17, 15) is 26.8 Å². The Morgan fingerprint density at radius 3 is 2.52 bits per heavy atom. The SMILES string of the molecule is CNC(=O)C1CN(c2cc(F)c(N3CCCS(=O)(=O)CC3)c(F)c2)C(=O)O1. The lowest BCUT2D eigenvalue weighted by Gasteiger charge is -2.24.